The molecule has 0 radical (unpaired) electrons. The fourth-order valence-electron chi connectivity index (χ4n) is 2.65. The Morgan fingerprint density at radius 3 is 2.96 bits per heavy atom. The van der Waals surface area contributed by atoms with Gasteiger partial charge < -0.3 is 4.74 Å². The van der Waals surface area contributed by atoms with Gasteiger partial charge in [0.2, 0.25) is 0 Å². The summed E-state index contributed by atoms with van der Waals surface area (Å²) in [6.45, 7) is 4.17. The van der Waals surface area contributed by atoms with Crippen LogP contribution < -0.4 is 9.64 Å². The third-order valence-electron chi connectivity index (χ3n) is 3.86. The summed E-state index contributed by atoms with van der Waals surface area (Å²) in [6.07, 6.45) is 1.48. The molecule has 2 heterocycles. The summed E-state index contributed by atoms with van der Waals surface area (Å²) in [5.41, 5.74) is 1.76. The number of hydrogen-bond donors (Lipinski definition) is 0. The first-order valence-corrected chi connectivity index (χ1v) is 7.92. The van der Waals surface area contributed by atoms with Crippen LogP contribution in [0.3, 0.4) is 0 Å². The summed E-state index contributed by atoms with van der Waals surface area (Å²) < 4.78 is 8.08. The second-order valence-corrected chi connectivity index (χ2v) is 6.40. The maximum atomic E-state index is 13.0. The van der Waals surface area contributed by atoms with E-state index >= 15 is 0 Å². The predicted molar refractivity (Wildman–Crippen MR) is 88.6 cm³/mol. The molecule has 118 valence electrons. The highest BCUT2D eigenvalue weighted by Crippen LogP contribution is 2.34. The zero-order valence-corrected chi connectivity index (χ0v) is 14.6. The molecule has 1 aliphatic heterocycles. The average molecular weight is 375 g/mol. The van der Waals surface area contributed by atoms with E-state index in [1.807, 2.05) is 13.8 Å². The SMILES string of the molecule is Cc1c(Br)cc(C(=O)N2C[C@H](C)Oc3cnn(C)c32)cc1C#N. The fourth-order valence-corrected chi connectivity index (χ4v) is 3.11. The van der Waals surface area contributed by atoms with Crippen molar-refractivity contribution in [2.45, 2.75) is 20.0 Å². The highest BCUT2D eigenvalue weighted by atomic mass is 79.9. The van der Waals surface area contributed by atoms with Crippen molar-refractivity contribution in [1.29, 1.82) is 5.26 Å². The summed E-state index contributed by atoms with van der Waals surface area (Å²) in [6, 6.07) is 5.49. The van der Waals surface area contributed by atoms with Gasteiger partial charge in [-0.1, -0.05) is 15.9 Å². The molecule has 0 unspecified atom stereocenters. The van der Waals surface area contributed by atoms with E-state index in [0.717, 1.165) is 10.0 Å². The van der Waals surface area contributed by atoms with Crippen LogP contribution in [-0.4, -0.2) is 28.3 Å². The van der Waals surface area contributed by atoms with Gasteiger partial charge in [-0.25, -0.2) is 4.68 Å². The summed E-state index contributed by atoms with van der Waals surface area (Å²) in [7, 11) is 1.77. The lowest BCUT2D eigenvalue weighted by Crippen LogP contribution is -2.43. The van der Waals surface area contributed by atoms with Crippen molar-refractivity contribution in [3.8, 4) is 11.8 Å². The minimum atomic E-state index is -0.179. The van der Waals surface area contributed by atoms with Crippen LogP contribution in [0.2, 0.25) is 0 Å². The van der Waals surface area contributed by atoms with E-state index in [2.05, 4.69) is 27.1 Å². The van der Waals surface area contributed by atoms with Gasteiger partial charge >= 0.3 is 0 Å². The number of halogens is 1. The van der Waals surface area contributed by atoms with Crippen molar-refractivity contribution in [3.05, 3.63) is 39.5 Å². The second kappa shape index (κ2) is 5.70. The molecule has 3 rings (SSSR count). The number of amides is 1. The molecule has 0 spiro atoms. The van der Waals surface area contributed by atoms with Crippen LogP contribution in [0.4, 0.5) is 5.82 Å². The minimum absolute atomic E-state index is 0.125. The number of aryl methyl sites for hydroxylation is 1. The van der Waals surface area contributed by atoms with Crippen LogP contribution >= 0.6 is 15.9 Å². The molecule has 1 amide bonds. The molecule has 1 aromatic carbocycles. The molecule has 6 nitrogen and oxygen atoms in total. The predicted octanol–water partition coefficient (Wildman–Crippen LogP) is 2.79. The molecule has 0 bridgehead atoms. The Hall–Kier alpha value is -2.33. The summed E-state index contributed by atoms with van der Waals surface area (Å²) in [5, 5.41) is 13.4. The average Bonchev–Trinajstić information content (AvgIpc) is 2.89. The monoisotopic (exact) mass is 374 g/mol. The maximum absolute atomic E-state index is 13.0. The van der Waals surface area contributed by atoms with Crippen LogP contribution in [0, 0.1) is 18.3 Å². The molecule has 1 aromatic heterocycles. The molecule has 0 saturated carbocycles. The van der Waals surface area contributed by atoms with Crippen LogP contribution in [-0.2, 0) is 7.05 Å². The molecule has 23 heavy (non-hydrogen) atoms. The number of anilines is 1. The molecule has 0 aliphatic carbocycles. The Balaban J connectivity index is 2.06. The van der Waals surface area contributed by atoms with Crippen LogP contribution in [0.1, 0.15) is 28.4 Å². The molecular formula is C16H15BrN4O2. The summed E-state index contributed by atoms with van der Waals surface area (Å²) in [5.74, 6) is 1.04. The zero-order chi connectivity index (χ0) is 16.7. The van der Waals surface area contributed by atoms with Gasteiger partial charge in [-0.3, -0.25) is 9.69 Å². The normalized spacial score (nSPS) is 16.5. The standard InChI is InChI=1S/C16H15BrN4O2/c1-9-8-21(15-14(23-9)7-19-20(15)3)16(22)11-4-12(6-18)10(2)13(17)5-11/h4-5,7,9H,8H2,1-3H3/t9-/m0/s1. The minimum Gasteiger partial charge on any atom is -0.483 e. The third kappa shape index (κ3) is 2.59. The summed E-state index contributed by atoms with van der Waals surface area (Å²) >= 11 is 3.42. The van der Waals surface area contributed by atoms with Crippen molar-refractivity contribution in [3.63, 3.8) is 0 Å². The molecule has 7 heteroatoms. The van der Waals surface area contributed by atoms with Gasteiger partial charge in [0.05, 0.1) is 24.4 Å². The molecule has 1 aliphatic rings. The fraction of sp³-hybridized carbons (Fsp3) is 0.312. The zero-order valence-electron chi connectivity index (χ0n) is 13.0. The van der Waals surface area contributed by atoms with Crippen molar-refractivity contribution >= 4 is 27.7 Å². The topological polar surface area (TPSA) is 71.2 Å². The number of nitriles is 1. The van der Waals surface area contributed by atoms with Crippen molar-refractivity contribution in [2.75, 3.05) is 11.4 Å². The lowest BCUT2D eigenvalue weighted by Gasteiger charge is -2.31. The quantitative estimate of drug-likeness (QED) is 0.769. The van der Waals surface area contributed by atoms with Gasteiger partial charge in [-0.05, 0) is 31.5 Å². The van der Waals surface area contributed by atoms with Crippen molar-refractivity contribution < 1.29 is 9.53 Å². The lowest BCUT2D eigenvalue weighted by molar-refractivity contribution is 0.0958. The van der Waals surface area contributed by atoms with E-state index in [-0.39, 0.29) is 12.0 Å². The Kier molecular flexibility index (Phi) is 3.86. The van der Waals surface area contributed by atoms with Crippen LogP contribution in [0.25, 0.3) is 0 Å². The first kappa shape index (κ1) is 15.6. The molecule has 2 aromatic rings. The number of benzene rings is 1. The van der Waals surface area contributed by atoms with Gasteiger partial charge in [-0.15, -0.1) is 0 Å². The first-order chi connectivity index (χ1) is 10.9. The third-order valence-corrected chi connectivity index (χ3v) is 4.68. The van der Waals surface area contributed by atoms with Gasteiger partial charge in [0.1, 0.15) is 6.10 Å². The van der Waals surface area contributed by atoms with Crippen LogP contribution in [0.5, 0.6) is 5.75 Å². The van der Waals surface area contributed by atoms with E-state index in [1.165, 1.54) is 0 Å². The number of hydrogen-bond acceptors (Lipinski definition) is 4. The molecular weight excluding hydrogens is 360 g/mol. The number of aromatic nitrogens is 2. The summed E-state index contributed by atoms with van der Waals surface area (Å²) in [4.78, 5) is 14.6. The lowest BCUT2D eigenvalue weighted by atomic mass is 10.0. The molecule has 1 atom stereocenters. The smallest absolute Gasteiger partial charge is 0.259 e. The number of fused-ring (bicyclic) bond motifs is 1. The van der Waals surface area contributed by atoms with E-state index in [4.69, 9.17) is 4.74 Å². The highest BCUT2D eigenvalue weighted by molar-refractivity contribution is 9.10. The van der Waals surface area contributed by atoms with Crippen LogP contribution in [0.15, 0.2) is 22.8 Å². The van der Waals surface area contributed by atoms with Gasteiger partial charge in [-0.2, -0.15) is 10.4 Å². The van der Waals surface area contributed by atoms with E-state index < -0.39 is 0 Å². The van der Waals surface area contributed by atoms with Gasteiger partial charge in [0.25, 0.3) is 5.91 Å². The number of ether oxygens (including phenoxy) is 1. The number of carbonyl (C=O) groups is 1. The Bertz CT molecular complexity index is 837. The largest absolute Gasteiger partial charge is 0.483 e. The van der Waals surface area contributed by atoms with Gasteiger partial charge in [0, 0.05) is 17.1 Å². The first-order valence-electron chi connectivity index (χ1n) is 7.13. The Morgan fingerprint density at radius 1 is 1.52 bits per heavy atom. The molecule has 0 fully saturated rings. The van der Waals surface area contributed by atoms with E-state index in [9.17, 15) is 10.1 Å². The van der Waals surface area contributed by atoms with E-state index in [1.54, 1.807) is 35.0 Å². The molecule has 0 N–H and O–H groups in total. The number of carbonyl (C=O) groups excluding carboxylic acids is 1. The number of nitrogens with zero attached hydrogens (tertiary/aromatic N) is 4. The van der Waals surface area contributed by atoms with Crippen molar-refractivity contribution in [2.24, 2.45) is 7.05 Å². The Labute approximate surface area is 142 Å². The molecule has 0 saturated heterocycles. The van der Waals surface area contributed by atoms with E-state index in [0.29, 0.717) is 29.2 Å². The second-order valence-electron chi connectivity index (χ2n) is 5.54. The Morgan fingerprint density at radius 2 is 2.26 bits per heavy atom. The highest BCUT2D eigenvalue weighted by Gasteiger charge is 2.32. The maximum Gasteiger partial charge on any atom is 0.259 e. The number of rotatable bonds is 1. The van der Waals surface area contributed by atoms with Crippen molar-refractivity contribution in [1.82, 2.24) is 9.78 Å². The van der Waals surface area contributed by atoms with Gasteiger partial charge in [0.15, 0.2) is 11.6 Å².